The van der Waals surface area contributed by atoms with Crippen molar-refractivity contribution >= 4 is 99.7 Å². The van der Waals surface area contributed by atoms with Gasteiger partial charge < -0.3 is 60.6 Å². The van der Waals surface area contributed by atoms with E-state index in [0.29, 0.717) is 137 Å². The smallest absolute Gasteiger partial charge is 0.414 e. The highest BCUT2D eigenvalue weighted by Gasteiger charge is 2.35. The number of benzene rings is 4. The van der Waals surface area contributed by atoms with E-state index in [1.54, 1.807) is 92.4 Å². The Hall–Kier alpha value is -7.84. The van der Waals surface area contributed by atoms with Crippen LogP contribution < -0.4 is 41.3 Å². The molecule has 26 heteroatoms. The Morgan fingerprint density at radius 1 is 0.575 bits per heavy atom. The molecule has 8 rings (SSSR count). The first-order chi connectivity index (χ1) is 41.2. The molecule has 0 radical (unpaired) electrons. The van der Waals surface area contributed by atoms with E-state index in [1.807, 2.05) is 44.9 Å². The zero-order chi connectivity index (χ0) is 62.0. The van der Waals surface area contributed by atoms with Crippen LogP contribution in [0.2, 0.25) is 0 Å². The number of piperazine rings is 2. The number of Topliss-reactive ketones (excluding diaryl/α,β-unsaturated/α-hetero) is 2. The third-order valence-electron chi connectivity index (χ3n) is 14.9. The first-order valence-corrected chi connectivity index (χ1v) is 29.2. The summed E-state index contributed by atoms with van der Waals surface area (Å²) in [6, 6.07) is 23.3. The maximum atomic E-state index is 15.2. The van der Waals surface area contributed by atoms with E-state index in [2.05, 4.69) is 16.0 Å². The molecule has 0 bridgehead atoms. The predicted octanol–water partition coefficient (Wildman–Crippen LogP) is 4.99. The molecular weight excluding hydrogens is 1170 g/mol. The molecule has 4 aromatic rings. The largest absolute Gasteiger partial charge is 0.443 e. The zero-order valence-corrected chi connectivity index (χ0v) is 51.5. The van der Waals surface area contributed by atoms with Gasteiger partial charge in [0.05, 0.1) is 60.5 Å². The molecule has 2 atom stereocenters. The van der Waals surface area contributed by atoms with Crippen molar-refractivity contribution in [1.82, 2.24) is 35.6 Å². The van der Waals surface area contributed by atoms with E-state index in [-0.39, 0.29) is 92.5 Å². The molecule has 4 heterocycles. The summed E-state index contributed by atoms with van der Waals surface area (Å²) >= 11 is 5.16. The Bertz CT molecular complexity index is 3070. The Balaban J connectivity index is 0.000000276. The lowest BCUT2D eigenvalue weighted by Crippen LogP contribution is -2.49. The lowest BCUT2D eigenvalue weighted by molar-refractivity contribution is -0.132. The molecule has 5 N–H and O–H groups in total. The van der Waals surface area contributed by atoms with Crippen LogP contribution in [0.25, 0.3) is 0 Å². The van der Waals surface area contributed by atoms with E-state index < -0.39 is 29.9 Å². The van der Waals surface area contributed by atoms with Crippen molar-refractivity contribution in [1.29, 1.82) is 0 Å². The van der Waals surface area contributed by atoms with Crippen molar-refractivity contribution in [3.8, 4) is 0 Å². The Labute approximate surface area is 518 Å². The number of carbonyl (C=O) groups is 8. The number of ketones is 2. The van der Waals surface area contributed by atoms with Gasteiger partial charge in [-0.3, -0.25) is 38.6 Å². The number of nitrogens with two attached hydrogens (primary N) is 1. The third-order valence-corrected chi connectivity index (χ3v) is 15.3. The lowest BCUT2D eigenvalue weighted by Gasteiger charge is -2.36. The number of anilines is 4. The number of rotatable bonds is 24. The monoisotopic (exact) mass is 1240 g/mol. The second kappa shape index (κ2) is 32.8. The van der Waals surface area contributed by atoms with Crippen LogP contribution in [0.15, 0.2) is 84.9 Å². The van der Waals surface area contributed by atoms with Crippen molar-refractivity contribution < 1.29 is 56.6 Å². The van der Waals surface area contributed by atoms with Crippen LogP contribution in [-0.2, 0) is 41.7 Å². The fourth-order valence-electron chi connectivity index (χ4n) is 10.0. The number of halogens is 3. The number of nitrogens with one attached hydrogen (secondary N) is 3. The summed E-state index contributed by atoms with van der Waals surface area (Å²) < 4.78 is 40.7. The summed E-state index contributed by atoms with van der Waals surface area (Å²) in [6.45, 7) is 7.91. The molecule has 87 heavy (non-hydrogen) atoms. The number of ether oxygens (including phenoxy) is 2. The zero-order valence-electron chi connectivity index (χ0n) is 49.9. The number of amides is 6. The first kappa shape index (κ1) is 68.3. The van der Waals surface area contributed by atoms with Gasteiger partial charge in [0.2, 0.25) is 23.6 Å². The summed E-state index contributed by atoms with van der Waals surface area (Å²) in [4.78, 5) is 113. The molecule has 0 aromatic heterocycles. The van der Waals surface area contributed by atoms with Crippen LogP contribution in [0.4, 0.5) is 41.1 Å². The molecular formula is C61H79ClF2N12O10S. The molecule has 4 fully saturated rings. The van der Waals surface area contributed by atoms with Crippen LogP contribution in [-0.4, -0.2) is 204 Å². The highest BCUT2D eigenvalue weighted by molar-refractivity contribution is 7.80. The third kappa shape index (κ3) is 19.8. The quantitative estimate of drug-likeness (QED) is 0.0534. The molecule has 0 spiro atoms. The fourth-order valence-corrected chi connectivity index (χ4v) is 10.1. The molecule has 4 aromatic carbocycles. The van der Waals surface area contributed by atoms with E-state index >= 15 is 4.39 Å². The normalized spacial score (nSPS) is 16.6. The number of thiocarbonyl (C=S) groups is 1. The predicted molar refractivity (Wildman–Crippen MR) is 334 cm³/mol. The highest BCUT2D eigenvalue weighted by atomic mass is 35.5. The second-order valence-corrected chi connectivity index (χ2v) is 22.4. The van der Waals surface area contributed by atoms with Gasteiger partial charge in [0.25, 0.3) is 0 Å². The minimum Gasteiger partial charge on any atom is -0.443 e. The number of hydrogen-bond acceptors (Lipinski definition) is 16. The van der Waals surface area contributed by atoms with Crippen LogP contribution in [0.5, 0.6) is 0 Å². The van der Waals surface area contributed by atoms with Crippen LogP contribution in [0.3, 0.4) is 0 Å². The number of carbonyl (C=O) groups excluding carboxylic acids is 8. The van der Waals surface area contributed by atoms with Gasteiger partial charge in [-0.15, -0.1) is 12.4 Å². The van der Waals surface area contributed by atoms with Crippen molar-refractivity contribution in [2.75, 3.05) is 139 Å². The van der Waals surface area contributed by atoms with Gasteiger partial charge >= 0.3 is 12.2 Å². The Morgan fingerprint density at radius 2 is 0.966 bits per heavy atom. The second-order valence-electron chi connectivity index (χ2n) is 21.9. The van der Waals surface area contributed by atoms with E-state index in [9.17, 15) is 42.7 Å². The standard InChI is InChI=1S/C32H41FN6O5S.C29H37FN6O5.ClH/c1-4-30(45)35-19-25-20-39(32(43)44-25)24-9-10-27(26(33)17-24)37-13-15-38(16-14-37)31(42)12-11-28(40)23-7-5-22(6-8-23)18-34-29(41)21-36(2)3;1-33(2)19-27(38)32-17-20-3-5-21(6-4-20)26(37)9-10-28(39)35-13-11-34(12-14-35)25-8-7-22(15-24(25)30)36-18-23(16-31)41-29(36)40;/h5-10,17,25H,4,11-16,18-21H2,1-3H3,(H,34,41)(H,35,45);3-8,15,23H,9-14,16-19,31H2,1-2H3,(H,32,38);1H/t25-;23-;/m00./s1. The topological polar surface area (TPSA) is 243 Å². The molecule has 4 aliphatic rings. The van der Waals surface area contributed by atoms with Gasteiger partial charge in [-0.2, -0.15) is 0 Å². The van der Waals surface area contributed by atoms with Crippen LogP contribution in [0.1, 0.15) is 70.9 Å². The van der Waals surface area contributed by atoms with E-state index in [4.69, 9.17) is 27.4 Å². The Morgan fingerprint density at radius 3 is 1.32 bits per heavy atom. The summed E-state index contributed by atoms with van der Waals surface area (Å²) in [7, 11) is 7.28. The van der Waals surface area contributed by atoms with Gasteiger partial charge in [0.15, 0.2) is 11.6 Å². The molecule has 0 saturated carbocycles. The minimum absolute atomic E-state index is 0. The van der Waals surface area contributed by atoms with E-state index in [1.165, 1.54) is 21.9 Å². The van der Waals surface area contributed by atoms with Crippen LogP contribution >= 0.6 is 24.6 Å². The lowest BCUT2D eigenvalue weighted by atomic mass is 10.0. The first-order valence-electron chi connectivity index (χ1n) is 28.8. The average Bonchev–Trinajstić information content (AvgIpc) is 3.44. The molecule has 0 aliphatic carbocycles. The number of nitrogens with zero attached hydrogens (tertiary/aromatic N) is 8. The van der Waals surface area contributed by atoms with Gasteiger partial charge in [-0.25, -0.2) is 18.4 Å². The van der Waals surface area contributed by atoms with Crippen LogP contribution in [0, 0.1) is 11.6 Å². The van der Waals surface area contributed by atoms with E-state index in [0.717, 1.165) is 11.1 Å². The molecule has 4 aliphatic heterocycles. The summed E-state index contributed by atoms with van der Waals surface area (Å²) in [5.74, 6) is -1.55. The maximum Gasteiger partial charge on any atom is 0.414 e. The molecule has 6 amide bonds. The van der Waals surface area contributed by atoms with Crippen molar-refractivity contribution in [3.63, 3.8) is 0 Å². The van der Waals surface area contributed by atoms with Gasteiger partial charge in [0, 0.05) is 109 Å². The van der Waals surface area contributed by atoms with Gasteiger partial charge in [-0.05, 0) is 82.1 Å². The van der Waals surface area contributed by atoms with Crippen molar-refractivity contribution in [3.05, 3.63) is 119 Å². The Kier molecular flexibility index (Phi) is 25.7. The van der Waals surface area contributed by atoms with Gasteiger partial charge in [0.1, 0.15) is 23.8 Å². The number of cyclic esters (lactones) is 2. The van der Waals surface area contributed by atoms with Crippen molar-refractivity contribution in [2.45, 2.75) is 64.3 Å². The number of likely N-dealkylation sites (N-methyl/N-ethyl adjacent to an activating group) is 2. The summed E-state index contributed by atoms with van der Waals surface area (Å²) in [5.41, 5.74) is 10.0. The fraction of sp³-hybridized carbons (Fsp3) is 0.459. The summed E-state index contributed by atoms with van der Waals surface area (Å²) in [5, 5.41) is 8.73. The minimum atomic E-state index is -0.545. The molecule has 0 unspecified atom stereocenters. The average molecular weight is 1250 g/mol. The van der Waals surface area contributed by atoms with Gasteiger partial charge in [-0.1, -0.05) is 67.7 Å². The SMILES string of the molecule is CCC(=S)NC[C@H]1CN(c2ccc(N3CCN(C(=O)CCC(=O)c4ccc(CNC(=O)CN(C)C)cc4)CC3)c(F)c2)C(=O)O1.CN(C)CC(=O)NCc1ccc(C(=O)CCC(=O)N2CCN(c3ccc(N4C[C@H](CN)OC4=O)cc3F)CC2)cc1.Cl. The highest BCUT2D eigenvalue weighted by Crippen LogP contribution is 2.31. The molecule has 470 valence electrons. The molecule has 4 saturated heterocycles. The number of hydrogen-bond donors (Lipinski definition) is 4. The molecule has 22 nitrogen and oxygen atoms in total. The maximum absolute atomic E-state index is 15.2. The summed E-state index contributed by atoms with van der Waals surface area (Å²) in [6.07, 6.45) is -0.789. The van der Waals surface area contributed by atoms with Crippen molar-refractivity contribution in [2.24, 2.45) is 5.73 Å².